The van der Waals surface area contributed by atoms with Crippen molar-refractivity contribution in [3.05, 3.63) is 46.6 Å². The van der Waals surface area contributed by atoms with Gasteiger partial charge in [-0.25, -0.2) is 4.98 Å². The van der Waals surface area contributed by atoms with E-state index in [2.05, 4.69) is 18.0 Å². The Balaban J connectivity index is 2.18. The molecule has 0 saturated carbocycles. The Kier molecular flexibility index (Phi) is 4.42. The van der Waals surface area contributed by atoms with Crippen molar-refractivity contribution in [1.82, 2.24) is 4.98 Å². The predicted octanol–water partition coefficient (Wildman–Crippen LogP) is 4.74. The van der Waals surface area contributed by atoms with Crippen molar-refractivity contribution in [3.63, 3.8) is 0 Å². The second kappa shape index (κ2) is 6.40. The van der Waals surface area contributed by atoms with Gasteiger partial charge in [0.05, 0.1) is 5.56 Å². The number of alkyl halides is 3. The first-order chi connectivity index (χ1) is 11.8. The number of nitrogen functional groups attached to an aromatic ring is 1. The number of aryl methyl sites for hydroxylation is 1. The number of halogens is 3. The molecular formula is C19H18F3N3. The van der Waals surface area contributed by atoms with Crippen LogP contribution in [0.4, 0.5) is 19.0 Å². The lowest BCUT2D eigenvalue weighted by molar-refractivity contribution is -0.137. The van der Waals surface area contributed by atoms with E-state index in [1.807, 2.05) is 0 Å². The number of nitrogens with zero attached hydrogens (tertiary/aromatic N) is 2. The summed E-state index contributed by atoms with van der Waals surface area (Å²) in [6.45, 7) is 2.11. The summed E-state index contributed by atoms with van der Waals surface area (Å²) in [7, 11) is 0. The van der Waals surface area contributed by atoms with Gasteiger partial charge in [-0.05, 0) is 48.4 Å². The van der Waals surface area contributed by atoms with Crippen LogP contribution in [0.15, 0.2) is 24.3 Å². The summed E-state index contributed by atoms with van der Waals surface area (Å²) in [5.74, 6) is 0.628. The van der Waals surface area contributed by atoms with E-state index < -0.39 is 11.7 Å². The van der Waals surface area contributed by atoms with Crippen LogP contribution in [0.2, 0.25) is 0 Å². The number of anilines is 1. The minimum atomic E-state index is -4.39. The lowest BCUT2D eigenvalue weighted by Gasteiger charge is -2.26. The van der Waals surface area contributed by atoms with Crippen molar-refractivity contribution in [1.29, 1.82) is 5.26 Å². The fourth-order valence-corrected chi connectivity index (χ4v) is 3.46. The van der Waals surface area contributed by atoms with E-state index in [9.17, 15) is 18.4 Å². The molecular weight excluding hydrogens is 327 g/mol. The Morgan fingerprint density at radius 2 is 1.96 bits per heavy atom. The fourth-order valence-electron chi connectivity index (χ4n) is 3.46. The molecule has 3 nitrogen and oxygen atoms in total. The zero-order chi connectivity index (χ0) is 18.2. The molecule has 1 atom stereocenters. The Hall–Kier alpha value is -2.55. The van der Waals surface area contributed by atoms with Crippen molar-refractivity contribution in [2.24, 2.45) is 5.92 Å². The second-order valence-corrected chi connectivity index (χ2v) is 6.38. The summed E-state index contributed by atoms with van der Waals surface area (Å²) in [6, 6.07) is 6.99. The molecule has 1 aromatic carbocycles. The Morgan fingerprint density at radius 1 is 1.28 bits per heavy atom. The molecule has 1 aromatic heterocycles. The molecule has 2 aromatic rings. The maximum Gasteiger partial charge on any atom is 0.416 e. The van der Waals surface area contributed by atoms with Crippen LogP contribution in [-0.2, 0) is 19.0 Å². The van der Waals surface area contributed by atoms with Gasteiger partial charge < -0.3 is 5.73 Å². The van der Waals surface area contributed by atoms with Crippen LogP contribution in [0.3, 0.4) is 0 Å². The molecule has 130 valence electrons. The van der Waals surface area contributed by atoms with Gasteiger partial charge in [0.15, 0.2) is 0 Å². The van der Waals surface area contributed by atoms with Crippen LogP contribution >= 0.6 is 0 Å². The van der Waals surface area contributed by atoms with E-state index in [-0.39, 0.29) is 11.4 Å². The van der Waals surface area contributed by atoms with Gasteiger partial charge >= 0.3 is 6.18 Å². The summed E-state index contributed by atoms with van der Waals surface area (Å²) in [4.78, 5) is 4.37. The van der Waals surface area contributed by atoms with Crippen molar-refractivity contribution < 1.29 is 13.2 Å². The van der Waals surface area contributed by atoms with E-state index >= 15 is 0 Å². The Morgan fingerprint density at radius 3 is 2.52 bits per heavy atom. The number of nitrogens with two attached hydrogens (primary N) is 1. The lowest BCUT2D eigenvalue weighted by atomic mass is 9.80. The molecule has 2 N–H and O–H groups in total. The molecule has 0 amide bonds. The van der Waals surface area contributed by atoms with Gasteiger partial charge in [-0.3, -0.25) is 0 Å². The third kappa shape index (κ3) is 3.19. The molecule has 0 radical (unpaired) electrons. The third-order valence-electron chi connectivity index (χ3n) is 4.88. The lowest BCUT2D eigenvalue weighted by Crippen LogP contribution is -2.18. The summed E-state index contributed by atoms with van der Waals surface area (Å²) < 4.78 is 38.5. The molecule has 0 saturated heterocycles. The van der Waals surface area contributed by atoms with Gasteiger partial charge in [0.25, 0.3) is 0 Å². The molecule has 25 heavy (non-hydrogen) atoms. The van der Waals surface area contributed by atoms with Gasteiger partial charge in [0.2, 0.25) is 0 Å². The predicted molar refractivity (Wildman–Crippen MR) is 89.6 cm³/mol. The smallest absolute Gasteiger partial charge is 0.383 e. The second-order valence-electron chi connectivity index (χ2n) is 6.38. The number of rotatable bonds is 2. The Bertz CT molecular complexity index is 833. The quantitative estimate of drug-likeness (QED) is 0.855. The molecule has 0 spiro atoms. The highest BCUT2D eigenvalue weighted by atomic mass is 19.4. The molecule has 1 unspecified atom stereocenters. The normalized spacial score (nSPS) is 17.0. The maximum absolute atomic E-state index is 12.8. The average Bonchev–Trinajstić information content (AvgIpc) is 2.59. The summed E-state index contributed by atoms with van der Waals surface area (Å²) in [5, 5.41) is 9.52. The van der Waals surface area contributed by atoms with E-state index in [4.69, 9.17) is 5.73 Å². The topological polar surface area (TPSA) is 62.7 Å². The van der Waals surface area contributed by atoms with Crippen LogP contribution in [0, 0.1) is 17.2 Å². The van der Waals surface area contributed by atoms with E-state index in [0.717, 1.165) is 49.1 Å². The number of pyridine rings is 1. The third-order valence-corrected chi connectivity index (χ3v) is 4.88. The number of hydrogen-bond acceptors (Lipinski definition) is 3. The van der Waals surface area contributed by atoms with Gasteiger partial charge in [-0.2, -0.15) is 18.4 Å². The summed E-state index contributed by atoms with van der Waals surface area (Å²) in [6.07, 6.45) is -0.825. The number of aromatic nitrogens is 1. The summed E-state index contributed by atoms with van der Waals surface area (Å²) >= 11 is 0. The van der Waals surface area contributed by atoms with Crippen LogP contribution in [-0.4, -0.2) is 4.98 Å². The molecule has 1 aliphatic rings. The van der Waals surface area contributed by atoms with Crippen molar-refractivity contribution in [2.45, 2.75) is 38.8 Å². The zero-order valence-corrected chi connectivity index (χ0v) is 13.8. The van der Waals surface area contributed by atoms with E-state index in [0.29, 0.717) is 17.0 Å². The molecule has 1 aliphatic carbocycles. The number of benzene rings is 1. The maximum atomic E-state index is 12.8. The average molecular weight is 345 g/mol. The Labute approximate surface area is 144 Å². The van der Waals surface area contributed by atoms with Gasteiger partial charge in [-0.15, -0.1) is 0 Å². The van der Waals surface area contributed by atoms with Crippen LogP contribution in [0.25, 0.3) is 11.1 Å². The molecule has 3 rings (SSSR count). The van der Waals surface area contributed by atoms with Gasteiger partial charge in [0, 0.05) is 11.3 Å². The molecule has 0 bridgehead atoms. The zero-order valence-electron chi connectivity index (χ0n) is 13.8. The van der Waals surface area contributed by atoms with Gasteiger partial charge in [-0.1, -0.05) is 25.5 Å². The van der Waals surface area contributed by atoms with Crippen molar-refractivity contribution in [2.75, 3.05) is 5.73 Å². The highest BCUT2D eigenvalue weighted by molar-refractivity contribution is 5.79. The first-order valence-corrected chi connectivity index (χ1v) is 8.24. The van der Waals surface area contributed by atoms with Gasteiger partial charge in [0.1, 0.15) is 17.5 Å². The monoisotopic (exact) mass is 345 g/mol. The van der Waals surface area contributed by atoms with E-state index in [1.54, 1.807) is 0 Å². The van der Waals surface area contributed by atoms with Crippen LogP contribution in [0.1, 0.15) is 42.1 Å². The van der Waals surface area contributed by atoms with E-state index in [1.165, 1.54) is 12.1 Å². The largest absolute Gasteiger partial charge is 0.416 e. The first-order valence-electron chi connectivity index (χ1n) is 8.24. The number of nitriles is 1. The SMILES string of the molecule is CCC1CCc2nc(N)c(C#N)c(-c3ccc(C(F)(F)F)cc3)c2C1. The van der Waals surface area contributed by atoms with Crippen LogP contribution < -0.4 is 5.73 Å². The number of fused-ring (bicyclic) bond motifs is 1. The minimum Gasteiger partial charge on any atom is -0.383 e. The standard InChI is InChI=1S/C19H18F3N3/c1-2-11-3-8-16-14(9-11)17(15(10-23)18(24)25-16)12-4-6-13(7-5-12)19(20,21)22/h4-7,11H,2-3,8-9H2,1H3,(H2,24,25). The molecule has 0 fully saturated rings. The van der Waals surface area contributed by atoms with Crippen LogP contribution in [0.5, 0.6) is 0 Å². The van der Waals surface area contributed by atoms with Crippen molar-refractivity contribution >= 4 is 5.82 Å². The first kappa shape index (κ1) is 17.3. The van der Waals surface area contributed by atoms with Crippen molar-refractivity contribution in [3.8, 4) is 17.2 Å². The fraction of sp³-hybridized carbons (Fsp3) is 0.368. The minimum absolute atomic E-state index is 0.145. The number of hydrogen-bond donors (Lipinski definition) is 1. The molecule has 1 heterocycles. The highest BCUT2D eigenvalue weighted by Gasteiger charge is 2.31. The summed E-state index contributed by atoms with van der Waals surface area (Å²) in [5.41, 5.74) is 8.50. The highest BCUT2D eigenvalue weighted by Crippen LogP contribution is 2.39. The molecule has 0 aliphatic heterocycles. The molecule has 6 heteroatoms.